The van der Waals surface area contributed by atoms with Gasteiger partial charge in [-0.1, -0.05) is 30.3 Å². The van der Waals surface area contributed by atoms with Crippen molar-refractivity contribution in [1.29, 1.82) is 0 Å². The van der Waals surface area contributed by atoms with E-state index in [2.05, 4.69) is 21.9 Å². The highest BCUT2D eigenvalue weighted by Crippen LogP contribution is 2.24. The molecular weight excluding hydrogens is 456 g/mol. The quantitative estimate of drug-likeness (QED) is 0.387. The molecule has 0 radical (unpaired) electrons. The van der Waals surface area contributed by atoms with E-state index in [0.717, 1.165) is 30.1 Å². The SMILES string of the molecule is COC(=O)c1ccc2c(=O)n(Cc3ccccc3)c(N3CCN(c4ccc(OC)cc4)CC3)nc2c1. The number of methoxy groups -OCH3 is 2. The molecule has 8 heteroatoms. The molecule has 0 amide bonds. The number of ether oxygens (including phenoxy) is 2. The van der Waals surface area contributed by atoms with Gasteiger partial charge in [0.1, 0.15) is 5.75 Å². The number of aromatic nitrogens is 2. The molecule has 0 unspecified atom stereocenters. The van der Waals surface area contributed by atoms with E-state index >= 15 is 0 Å². The first-order chi connectivity index (χ1) is 17.6. The highest BCUT2D eigenvalue weighted by molar-refractivity contribution is 5.94. The van der Waals surface area contributed by atoms with Crippen molar-refractivity contribution >= 4 is 28.5 Å². The van der Waals surface area contributed by atoms with Crippen LogP contribution in [0.1, 0.15) is 15.9 Å². The van der Waals surface area contributed by atoms with E-state index in [0.29, 0.717) is 42.0 Å². The third-order valence-corrected chi connectivity index (χ3v) is 6.54. The van der Waals surface area contributed by atoms with E-state index in [9.17, 15) is 9.59 Å². The van der Waals surface area contributed by atoms with Gasteiger partial charge in [-0.25, -0.2) is 9.78 Å². The smallest absolute Gasteiger partial charge is 0.337 e. The monoisotopic (exact) mass is 484 g/mol. The average Bonchev–Trinajstić information content (AvgIpc) is 2.94. The second kappa shape index (κ2) is 10.1. The summed E-state index contributed by atoms with van der Waals surface area (Å²) in [6.45, 7) is 3.39. The minimum atomic E-state index is -0.457. The summed E-state index contributed by atoms with van der Waals surface area (Å²) in [5, 5.41) is 0.471. The summed E-state index contributed by atoms with van der Waals surface area (Å²) >= 11 is 0. The molecule has 1 saturated heterocycles. The number of fused-ring (bicyclic) bond motifs is 1. The van der Waals surface area contributed by atoms with Gasteiger partial charge in [-0.15, -0.1) is 0 Å². The maximum atomic E-state index is 13.7. The summed E-state index contributed by atoms with van der Waals surface area (Å²) in [4.78, 5) is 35.1. The van der Waals surface area contributed by atoms with Gasteiger partial charge in [-0.3, -0.25) is 9.36 Å². The lowest BCUT2D eigenvalue weighted by molar-refractivity contribution is 0.0601. The van der Waals surface area contributed by atoms with Crippen molar-refractivity contribution < 1.29 is 14.3 Å². The zero-order chi connectivity index (χ0) is 25.1. The topological polar surface area (TPSA) is 76.9 Å². The van der Waals surface area contributed by atoms with Gasteiger partial charge < -0.3 is 19.3 Å². The van der Waals surface area contributed by atoms with Crippen LogP contribution in [0.3, 0.4) is 0 Å². The number of anilines is 2. The molecule has 184 valence electrons. The molecule has 1 fully saturated rings. The van der Waals surface area contributed by atoms with Crippen molar-refractivity contribution in [2.75, 3.05) is 50.2 Å². The van der Waals surface area contributed by atoms with Crippen LogP contribution >= 0.6 is 0 Å². The number of carbonyl (C=O) groups excluding carboxylic acids is 1. The Bertz CT molecular complexity index is 1430. The van der Waals surface area contributed by atoms with Crippen LogP contribution in [0.5, 0.6) is 5.75 Å². The molecule has 1 aliphatic heterocycles. The molecule has 0 aliphatic carbocycles. The maximum Gasteiger partial charge on any atom is 0.337 e. The summed E-state index contributed by atoms with van der Waals surface area (Å²) < 4.78 is 11.9. The van der Waals surface area contributed by atoms with E-state index in [1.54, 1.807) is 29.9 Å². The zero-order valence-electron chi connectivity index (χ0n) is 20.4. The molecule has 4 aromatic rings. The molecule has 2 heterocycles. The lowest BCUT2D eigenvalue weighted by Crippen LogP contribution is -2.48. The van der Waals surface area contributed by atoms with Gasteiger partial charge in [0, 0.05) is 31.9 Å². The molecule has 1 aliphatic rings. The van der Waals surface area contributed by atoms with Crippen LogP contribution in [-0.2, 0) is 11.3 Å². The fourth-order valence-electron chi connectivity index (χ4n) is 4.56. The van der Waals surface area contributed by atoms with Crippen LogP contribution in [0.25, 0.3) is 10.9 Å². The van der Waals surface area contributed by atoms with Crippen molar-refractivity contribution in [1.82, 2.24) is 9.55 Å². The highest BCUT2D eigenvalue weighted by Gasteiger charge is 2.23. The van der Waals surface area contributed by atoms with Gasteiger partial charge in [0.05, 0.1) is 37.2 Å². The summed E-state index contributed by atoms with van der Waals surface area (Å²) in [5.41, 5.74) is 2.87. The van der Waals surface area contributed by atoms with E-state index < -0.39 is 5.97 Å². The zero-order valence-corrected chi connectivity index (χ0v) is 20.4. The third kappa shape index (κ3) is 4.62. The number of nitrogens with zero attached hydrogens (tertiary/aromatic N) is 4. The lowest BCUT2D eigenvalue weighted by atomic mass is 10.1. The summed E-state index contributed by atoms with van der Waals surface area (Å²) in [6.07, 6.45) is 0. The third-order valence-electron chi connectivity index (χ3n) is 6.54. The Morgan fingerprint density at radius 3 is 2.25 bits per heavy atom. The van der Waals surface area contributed by atoms with Crippen LogP contribution in [0.2, 0.25) is 0 Å². The van der Waals surface area contributed by atoms with Crippen LogP contribution < -0.4 is 20.1 Å². The van der Waals surface area contributed by atoms with Crippen LogP contribution in [0.15, 0.2) is 77.6 Å². The fourth-order valence-corrected chi connectivity index (χ4v) is 4.56. The Morgan fingerprint density at radius 1 is 0.889 bits per heavy atom. The van der Waals surface area contributed by atoms with Gasteiger partial charge in [0.2, 0.25) is 5.95 Å². The molecule has 0 atom stereocenters. The number of hydrogen-bond acceptors (Lipinski definition) is 7. The summed E-state index contributed by atoms with van der Waals surface area (Å²) in [5.74, 6) is 0.976. The van der Waals surface area contributed by atoms with Crippen molar-refractivity contribution in [3.05, 3.63) is 94.3 Å². The molecule has 3 aromatic carbocycles. The van der Waals surface area contributed by atoms with Crippen molar-refractivity contribution in [3.63, 3.8) is 0 Å². The number of rotatable bonds is 6. The van der Waals surface area contributed by atoms with E-state index in [4.69, 9.17) is 14.5 Å². The number of benzene rings is 3. The largest absolute Gasteiger partial charge is 0.497 e. The second-order valence-corrected chi connectivity index (χ2v) is 8.68. The molecule has 0 spiro atoms. The molecule has 8 nitrogen and oxygen atoms in total. The number of carbonyl (C=O) groups is 1. The molecular formula is C28H28N4O4. The first kappa shape index (κ1) is 23.4. The Balaban J connectivity index is 1.50. The average molecular weight is 485 g/mol. The normalized spacial score (nSPS) is 13.6. The highest BCUT2D eigenvalue weighted by atomic mass is 16.5. The minimum Gasteiger partial charge on any atom is -0.497 e. The van der Waals surface area contributed by atoms with Crippen molar-refractivity contribution in [2.45, 2.75) is 6.54 Å². The molecule has 0 saturated carbocycles. The molecule has 5 rings (SSSR count). The van der Waals surface area contributed by atoms with E-state index in [1.807, 2.05) is 42.5 Å². The predicted octanol–water partition coefficient (Wildman–Crippen LogP) is 3.57. The van der Waals surface area contributed by atoms with Gasteiger partial charge >= 0.3 is 5.97 Å². The lowest BCUT2D eigenvalue weighted by Gasteiger charge is -2.37. The Labute approximate surface area is 209 Å². The van der Waals surface area contributed by atoms with Crippen LogP contribution in [0.4, 0.5) is 11.6 Å². The van der Waals surface area contributed by atoms with Gasteiger partial charge in [0.25, 0.3) is 5.56 Å². The molecule has 36 heavy (non-hydrogen) atoms. The maximum absolute atomic E-state index is 13.7. The fraction of sp³-hybridized carbons (Fsp3) is 0.250. The van der Waals surface area contributed by atoms with Gasteiger partial charge in [-0.2, -0.15) is 0 Å². The predicted molar refractivity (Wildman–Crippen MR) is 140 cm³/mol. The second-order valence-electron chi connectivity index (χ2n) is 8.68. The van der Waals surface area contributed by atoms with Gasteiger partial charge in [-0.05, 0) is 48.0 Å². The van der Waals surface area contributed by atoms with Crippen LogP contribution in [0, 0.1) is 0 Å². The first-order valence-corrected chi connectivity index (χ1v) is 11.9. The number of hydrogen-bond donors (Lipinski definition) is 0. The van der Waals surface area contributed by atoms with E-state index in [1.165, 1.54) is 7.11 Å². The summed E-state index contributed by atoms with van der Waals surface area (Å²) in [6, 6.07) is 22.8. The van der Waals surface area contributed by atoms with Crippen LogP contribution in [-0.4, -0.2) is 55.9 Å². The summed E-state index contributed by atoms with van der Waals surface area (Å²) in [7, 11) is 3.00. The Kier molecular flexibility index (Phi) is 6.58. The van der Waals surface area contributed by atoms with Gasteiger partial charge in [0.15, 0.2) is 0 Å². The minimum absolute atomic E-state index is 0.132. The van der Waals surface area contributed by atoms with Crippen molar-refractivity contribution in [3.8, 4) is 5.75 Å². The van der Waals surface area contributed by atoms with Crippen molar-refractivity contribution in [2.24, 2.45) is 0 Å². The Hall–Kier alpha value is -4.33. The molecule has 1 aromatic heterocycles. The number of piperazine rings is 1. The molecule has 0 bridgehead atoms. The number of esters is 1. The standard InChI is InChI=1S/C28H28N4O4/c1-35-23-11-9-22(10-12-23)30-14-16-31(17-15-30)28-29-25-18-21(27(34)36-2)8-13-24(25)26(33)32(28)19-20-6-4-3-5-7-20/h3-13,18H,14-17,19H2,1-2H3. The Morgan fingerprint density at radius 2 is 1.58 bits per heavy atom. The van der Waals surface area contributed by atoms with E-state index in [-0.39, 0.29) is 5.56 Å². The molecule has 0 N–H and O–H groups in total. The first-order valence-electron chi connectivity index (χ1n) is 11.9.